The van der Waals surface area contributed by atoms with Crippen LogP contribution in [-0.4, -0.2) is 72.0 Å². The molecule has 0 N–H and O–H groups in total. The average Bonchev–Trinajstić information content (AvgIpc) is 2.60. The predicted octanol–water partition coefficient (Wildman–Crippen LogP) is 2.83. The van der Waals surface area contributed by atoms with Crippen LogP contribution in [0.1, 0.15) is 59.3 Å². The topological polar surface area (TPSA) is 26.8 Å². The van der Waals surface area contributed by atoms with Crippen molar-refractivity contribution in [2.45, 2.75) is 71.4 Å². The number of carbonyl (C=O) groups excluding carboxylic acids is 1. The minimum absolute atomic E-state index is 0.0600. The molecule has 3 aliphatic rings. The average molecular weight is 336 g/mol. The van der Waals surface area contributed by atoms with Crippen molar-refractivity contribution in [2.24, 2.45) is 11.8 Å². The van der Waals surface area contributed by atoms with Crippen molar-refractivity contribution < 1.29 is 4.79 Å². The van der Waals surface area contributed by atoms with Crippen LogP contribution >= 0.6 is 0 Å². The first-order chi connectivity index (χ1) is 11.5. The SMILES string of the molecule is C[C@@H]1C[C@H](C)CN(C(=O)[C@@H](C)N2CCC(N3CCCCC3)CC2)C1. The van der Waals surface area contributed by atoms with Gasteiger partial charge in [0, 0.05) is 32.2 Å². The third kappa shape index (κ3) is 4.32. The van der Waals surface area contributed by atoms with E-state index in [0.717, 1.165) is 32.2 Å². The first kappa shape index (κ1) is 18.2. The van der Waals surface area contributed by atoms with Crippen LogP contribution in [0.25, 0.3) is 0 Å². The molecule has 0 spiro atoms. The Hall–Kier alpha value is -0.610. The predicted molar refractivity (Wildman–Crippen MR) is 99.0 cm³/mol. The van der Waals surface area contributed by atoms with Gasteiger partial charge in [-0.1, -0.05) is 20.3 Å². The molecular weight excluding hydrogens is 298 g/mol. The standard InChI is InChI=1S/C20H37N3O/c1-16-13-17(2)15-23(14-16)20(24)18(3)21-11-7-19(8-12-21)22-9-5-4-6-10-22/h16-19H,4-15H2,1-3H3/t16-,17+,18-/m1/s1. The summed E-state index contributed by atoms with van der Waals surface area (Å²) >= 11 is 0. The number of carbonyl (C=O) groups is 1. The minimum Gasteiger partial charge on any atom is -0.341 e. The lowest BCUT2D eigenvalue weighted by molar-refractivity contribution is -0.139. The van der Waals surface area contributed by atoms with E-state index in [4.69, 9.17) is 0 Å². The molecule has 1 amide bonds. The molecule has 0 aromatic rings. The molecule has 4 nitrogen and oxygen atoms in total. The molecule has 0 bridgehead atoms. The number of amides is 1. The summed E-state index contributed by atoms with van der Waals surface area (Å²) in [6.07, 6.45) is 7.91. The Balaban J connectivity index is 1.49. The smallest absolute Gasteiger partial charge is 0.239 e. The van der Waals surface area contributed by atoms with Crippen LogP contribution in [0.3, 0.4) is 0 Å². The van der Waals surface area contributed by atoms with Gasteiger partial charge in [0.25, 0.3) is 0 Å². The molecule has 0 aliphatic carbocycles. The third-order valence-electron chi connectivity index (χ3n) is 6.49. The highest BCUT2D eigenvalue weighted by Gasteiger charge is 2.33. The van der Waals surface area contributed by atoms with Crippen molar-refractivity contribution in [3.8, 4) is 0 Å². The molecule has 3 heterocycles. The van der Waals surface area contributed by atoms with Gasteiger partial charge >= 0.3 is 0 Å². The van der Waals surface area contributed by atoms with Crippen molar-refractivity contribution in [1.82, 2.24) is 14.7 Å². The number of rotatable bonds is 3. The van der Waals surface area contributed by atoms with E-state index in [9.17, 15) is 4.79 Å². The minimum atomic E-state index is 0.0600. The molecule has 3 rings (SSSR count). The number of likely N-dealkylation sites (tertiary alicyclic amines) is 3. The van der Waals surface area contributed by atoms with Crippen molar-refractivity contribution in [3.05, 3.63) is 0 Å². The molecule has 0 aromatic heterocycles. The third-order valence-corrected chi connectivity index (χ3v) is 6.49. The zero-order valence-corrected chi connectivity index (χ0v) is 16.0. The molecule has 3 saturated heterocycles. The molecule has 24 heavy (non-hydrogen) atoms. The van der Waals surface area contributed by atoms with Crippen molar-refractivity contribution in [2.75, 3.05) is 39.3 Å². The summed E-state index contributed by atoms with van der Waals surface area (Å²) in [5.74, 6) is 1.66. The van der Waals surface area contributed by atoms with Gasteiger partial charge in [-0.05, 0) is 64.0 Å². The monoisotopic (exact) mass is 335 g/mol. The second-order valence-electron chi connectivity index (χ2n) is 8.73. The van der Waals surface area contributed by atoms with Crippen LogP contribution in [0.2, 0.25) is 0 Å². The van der Waals surface area contributed by atoms with E-state index in [2.05, 4.69) is 35.5 Å². The van der Waals surface area contributed by atoms with E-state index in [1.54, 1.807) is 0 Å². The molecule has 0 unspecified atom stereocenters. The number of nitrogens with zero attached hydrogens (tertiary/aromatic N) is 3. The molecule has 3 fully saturated rings. The maximum Gasteiger partial charge on any atom is 0.239 e. The second kappa shape index (κ2) is 8.18. The van der Waals surface area contributed by atoms with Crippen molar-refractivity contribution in [3.63, 3.8) is 0 Å². The Morgan fingerprint density at radius 2 is 1.50 bits per heavy atom. The normalized spacial score (nSPS) is 32.7. The van der Waals surface area contributed by atoms with Crippen LogP contribution in [0, 0.1) is 11.8 Å². The van der Waals surface area contributed by atoms with Gasteiger partial charge in [-0.15, -0.1) is 0 Å². The Morgan fingerprint density at radius 1 is 0.917 bits per heavy atom. The Bertz CT molecular complexity index is 403. The van der Waals surface area contributed by atoms with Crippen LogP contribution in [-0.2, 0) is 4.79 Å². The molecule has 4 heteroatoms. The van der Waals surface area contributed by atoms with Gasteiger partial charge in [0.2, 0.25) is 5.91 Å². The van der Waals surface area contributed by atoms with Gasteiger partial charge in [-0.2, -0.15) is 0 Å². The van der Waals surface area contributed by atoms with Gasteiger partial charge in [0.15, 0.2) is 0 Å². The molecular formula is C20H37N3O. The Labute approximate surface area is 148 Å². The highest BCUT2D eigenvalue weighted by molar-refractivity contribution is 5.81. The molecule has 0 saturated carbocycles. The Morgan fingerprint density at radius 3 is 2.08 bits per heavy atom. The summed E-state index contributed by atoms with van der Waals surface area (Å²) < 4.78 is 0. The van der Waals surface area contributed by atoms with Gasteiger partial charge in [-0.25, -0.2) is 0 Å². The molecule has 0 radical (unpaired) electrons. The quantitative estimate of drug-likeness (QED) is 0.793. The molecule has 3 atom stereocenters. The fourth-order valence-electron chi connectivity index (χ4n) is 5.19. The Kier molecular flexibility index (Phi) is 6.20. The highest BCUT2D eigenvalue weighted by Crippen LogP contribution is 2.25. The number of piperidine rings is 3. The van der Waals surface area contributed by atoms with E-state index in [0.29, 0.717) is 17.7 Å². The van der Waals surface area contributed by atoms with E-state index in [1.165, 1.54) is 51.6 Å². The van der Waals surface area contributed by atoms with Gasteiger partial charge in [0.05, 0.1) is 6.04 Å². The summed E-state index contributed by atoms with van der Waals surface area (Å²) in [6.45, 7) is 13.4. The fraction of sp³-hybridized carbons (Fsp3) is 0.950. The summed E-state index contributed by atoms with van der Waals surface area (Å²) in [5, 5.41) is 0. The largest absolute Gasteiger partial charge is 0.341 e. The van der Waals surface area contributed by atoms with Crippen LogP contribution < -0.4 is 0 Å². The zero-order chi connectivity index (χ0) is 17.1. The zero-order valence-electron chi connectivity index (χ0n) is 16.0. The molecule has 3 aliphatic heterocycles. The summed E-state index contributed by atoms with van der Waals surface area (Å²) in [7, 11) is 0. The lowest BCUT2D eigenvalue weighted by Gasteiger charge is -2.43. The van der Waals surface area contributed by atoms with Crippen LogP contribution in [0.5, 0.6) is 0 Å². The van der Waals surface area contributed by atoms with Crippen molar-refractivity contribution >= 4 is 5.91 Å². The maximum atomic E-state index is 12.9. The van der Waals surface area contributed by atoms with Gasteiger partial charge in [0.1, 0.15) is 0 Å². The first-order valence-electron chi connectivity index (χ1n) is 10.3. The van der Waals surface area contributed by atoms with Crippen molar-refractivity contribution in [1.29, 1.82) is 0 Å². The second-order valence-corrected chi connectivity index (χ2v) is 8.73. The summed E-state index contributed by atoms with van der Waals surface area (Å²) in [5.41, 5.74) is 0. The fourth-order valence-corrected chi connectivity index (χ4v) is 5.19. The number of hydrogen-bond acceptors (Lipinski definition) is 3. The lowest BCUT2D eigenvalue weighted by atomic mass is 9.91. The van der Waals surface area contributed by atoms with E-state index in [1.807, 2.05) is 0 Å². The van der Waals surface area contributed by atoms with E-state index < -0.39 is 0 Å². The van der Waals surface area contributed by atoms with E-state index in [-0.39, 0.29) is 6.04 Å². The first-order valence-corrected chi connectivity index (χ1v) is 10.3. The summed E-state index contributed by atoms with van der Waals surface area (Å²) in [4.78, 5) is 20.2. The highest BCUT2D eigenvalue weighted by atomic mass is 16.2. The molecule has 0 aromatic carbocycles. The lowest BCUT2D eigenvalue weighted by Crippen LogP contribution is -2.54. The van der Waals surface area contributed by atoms with Crippen LogP contribution in [0.4, 0.5) is 0 Å². The van der Waals surface area contributed by atoms with Gasteiger partial charge < -0.3 is 9.80 Å². The van der Waals surface area contributed by atoms with Crippen LogP contribution in [0.15, 0.2) is 0 Å². The summed E-state index contributed by atoms with van der Waals surface area (Å²) in [6, 6.07) is 0.823. The van der Waals surface area contributed by atoms with E-state index >= 15 is 0 Å². The molecule has 138 valence electrons. The maximum absolute atomic E-state index is 12.9. The number of hydrogen-bond donors (Lipinski definition) is 0. The van der Waals surface area contributed by atoms with Gasteiger partial charge in [-0.3, -0.25) is 9.69 Å².